The molecule has 0 bridgehead atoms. The Labute approximate surface area is 206 Å². The van der Waals surface area contributed by atoms with Crippen molar-refractivity contribution in [2.24, 2.45) is 5.41 Å². The van der Waals surface area contributed by atoms with Gasteiger partial charge in [-0.1, -0.05) is 45.4 Å². The number of benzene rings is 2. The van der Waals surface area contributed by atoms with Gasteiger partial charge in [-0.25, -0.2) is 6.54 Å². The molecule has 0 spiro atoms. The third-order valence-corrected chi connectivity index (χ3v) is 5.89. The molecule has 0 atom stereocenters. The van der Waals surface area contributed by atoms with E-state index in [4.69, 9.17) is 4.74 Å². The van der Waals surface area contributed by atoms with Crippen LogP contribution in [0.2, 0.25) is 0 Å². The summed E-state index contributed by atoms with van der Waals surface area (Å²) in [6.07, 6.45) is 2.53. The summed E-state index contributed by atoms with van der Waals surface area (Å²) in [7, 11) is 0. The summed E-state index contributed by atoms with van der Waals surface area (Å²) in [5.74, 6) is 0.950. The van der Waals surface area contributed by atoms with Crippen LogP contribution in [0, 0.1) is 18.9 Å². The molecule has 3 rings (SSSR count). The third kappa shape index (κ3) is 7.43. The van der Waals surface area contributed by atoms with Gasteiger partial charge in [0, 0.05) is 11.2 Å². The molecule has 2 nitrogen and oxygen atoms in total. The molecule has 0 aromatic heterocycles. The van der Waals surface area contributed by atoms with Gasteiger partial charge in [0.15, 0.2) is 0 Å². The molecule has 1 aliphatic rings. The molecule has 0 unspecified atom stereocenters. The van der Waals surface area contributed by atoms with Crippen molar-refractivity contribution < 1.29 is 35.0 Å². The Morgan fingerprint density at radius 3 is 2.26 bits per heavy atom. The largest absolute Gasteiger partial charge is 1.00 e. The number of halogens is 1. The maximum Gasteiger partial charge on any atom is 0.0137 e. The summed E-state index contributed by atoms with van der Waals surface area (Å²) < 4.78 is 7.58. The quantitative estimate of drug-likeness (QED) is 0.431. The minimum atomic E-state index is 0. The van der Waals surface area contributed by atoms with Crippen molar-refractivity contribution in [3.63, 3.8) is 0 Å². The van der Waals surface area contributed by atoms with Crippen molar-refractivity contribution in [1.82, 2.24) is 0 Å². The zero-order valence-electron chi connectivity index (χ0n) is 20.3. The molecule has 1 aliphatic heterocycles. The van der Waals surface area contributed by atoms with Crippen molar-refractivity contribution in [3.05, 3.63) is 65.7 Å². The van der Waals surface area contributed by atoms with Gasteiger partial charge >= 0.3 is 82.7 Å². The summed E-state index contributed by atoms with van der Waals surface area (Å²) in [6.45, 7) is 20.3. The van der Waals surface area contributed by atoms with Crippen molar-refractivity contribution in [2.75, 3.05) is 4.90 Å². The van der Waals surface area contributed by atoms with Crippen LogP contribution in [0.4, 0.5) is 5.69 Å². The molecular weight excluding hydrogens is 491 g/mol. The van der Waals surface area contributed by atoms with Crippen LogP contribution in [-0.2, 0) is 24.3 Å². The van der Waals surface area contributed by atoms with Gasteiger partial charge in [-0.3, -0.25) is 0 Å². The fraction of sp³-hybridized carbons (Fsp3) is 0.481. The van der Waals surface area contributed by atoms with E-state index in [1.165, 1.54) is 23.2 Å². The fourth-order valence-electron chi connectivity index (χ4n) is 4.41. The van der Waals surface area contributed by atoms with E-state index in [2.05, 4.69) is 89.0 Å². The van der Waals surface area contributed by atoms with E-state index in [1.807, 2.05) is 42.7 Å². The van der Waals surface area contributed by atoms with Gasteiger partial charge in [-0.05, 0) is 38.3 Å². The Kier molecular flexibility index (Phi) is 10.4. The molecular formula is C27H38ClNORu-. The van der Waals surface area contributed by atoms with E-state index in [0.717, 1.165) is 17.7 Å². The van der Waals surface area contributed by atoms with Gasteiger partial charge in [0.25, 0.3) is 0 Å². The van der Waals surface area contributed by atoms with Gasteiger partial charge in [0.2, 0.25) is 0 Å². The van der Waals surface area contributed by atoms with Gasteiger partial charge in [-0.15, -0.1) is 5.41 Å². The van der Waals surface area contributed by atoms with Crippen LogP contribution in [0.15, 0.2) is 42.5 Å². The van der Waals surface area contributed by atoms with E-state index in [9.17, 15) is 0 Å². The minimum Gasteiger partial charge on any atom is -1.00 e. The number of ether oxygens (including phenoxy) is 1. The second-order valence-corrected chi connectivity index (χ2v) is 10.2. The second kappa shape index (κ2) is 11.6. The predicted molar refractivity (Wildman–Crippen MR) is 127 cm³/mol. The average Bonchev–Trinajstić information content (AvgIpc) is 2.88. The van der Waals surface area contributed by atoms with Crippen LogP contribution in [-0.4, -0.2) is 16.3 Å². The molecule has 1 fully saturated rings. The topological polar surface area (TPSA) is 12.5 Å². The van der Waals surface area contributed by atoms with Crippen molar-refractivity contribution in [1.29, 1.82) is 0 Å². The summed E-state index contributed by atoms with van der Waals surface area (Å²) in [6, 6.07) is 14.7. The first kappa shape index (κ1) is 27.9. The first-order valence-corrected chi connectivity index (χ1v) is 11.9. The zero-order chi connectivity index (χ0) is 22.5. The van der Waals surface area contributed by atoms with Crippen LogP contribution in [0.5, 0.6) is 5.75 Å². The molecule has 1 heterocycles. The predicted octanol–water partition coefficient (Wildman–Crippen LogP) is 3.91. The maximum atomic E-state index is 5.59. The first-order valence-electron chi connectivity index (χ1n) is 10.9. The average molecular weight is 529 g/mol. The zero-order valence-corrected chi connectivity index (χ0v) is 22.8. The van der Waals surface area contributed by atoms with Crippen LogP contribution in [0.1, 0.15) is 71.6 Å². The number of aryl methyl sites for hydroxylation is 2. The molecule has 1 saturated heterocycles. The fourth-order valence-corrected chi connectivity index (χ4v) is 4.83. The van der Waals surface area contributed by atoms with Crippen molar-refractivity contribution in [3.8, 4) is 5.75 Å². The van der Waals surface area contributed by atoms with Gasteiger partial charge in [-0.2, -0.15) is 0 Å². The molecule has 173 valence electrons. The van der Waals surface area contributed by atoms with E-state index in [1.54, 1.807) is 0 Å². The normalized spacial score (nSPS) is 16.2. The first-order chi connectivity index (χ1) is 14.0. The molecule has 0 amide bonds. The van der Waals surface area contributed by atoms with Gasteiger partial charge < -0.3 is 17.3 Å². The SMILES string of the molecule is CC(C)Oc1ccccc1[CH]=[Ru+].CCc1cccc(C)c1N1[CH-]C(C)(C)CC1(C)C.[Cl-]. The minimum absolute atomic E-state index is 0. The van der Waals surface area contributed by atoms with Crippen molar-refractivity contribution >= 4 is 10.3 Å². The summed E-state index contributed by atoms with van der Waals surface area (Å²) in [5.41, 5.74) is 5.89. The Hall–Kier alpha value is -1.18. The molecule has 0 saturated carbocycles. The Morgan fingerprint density at radius 2 is 1.74 bits per heavy atom. The maximum absolute atomic E-state index is 5.59. The molecule has 0 aliphatic carbocycles. The summed E-state index contributed by atoms with van der Waals surface area (Å²) in [4.78, 5) is 2.52. The monoisotopic (exact) mass is 529 g/mol. The number of anilines is 1. The molecule has 2 aromatic carbocycles. The van der Waals surface area contributed by atoms with Crippen LogP contribution in [0.3, 0.4) is 0 Å². The van der Waals surface area contributed by atoms with E-state index in [-0.39, 0.29) is 29.5 Å². The Bertz CT molecular complexity index is 860. The number of hydrogen-bond donors (Lipinski definition) is 0. The number of nitrogens with zero attached hydrogens (tertiary/aromatic N) is 1. The number of para-hydroxylation sites is 2. The third-order valence-electron chi connectivity index (χ3n) is 5.35. The van der Waals surface area contributed by atoms with Gasteiger partial charge in [0.1, 0.15) is 0 Å². The standard InChI is InChI=1S/C17H26N.C10H12O.ClH.Ru/c1-7-14-10-8-9-13(2)15(14)18-12-16(3,4)11-17(18,5)6;1-8(2)11-10-7-5-4-6-9(10)3;;/h8-10,12H,7,11H2,1-6H3;3-8H,1-2H3;1H;/q-1;;;+1/p-1. The van der Waals surface area contributed by atoms with Crippen molar-refractivity contribution in [2.45, 2.75) is 79.9 Å². The van der Waals surface area contributed by atoms with Crippen LogP contribution >= 0.6 is 0 Å². The smallest absolute Gasteiger partial charge is 0.0137 e. The van der Waals surface area contributed by atoms with E-state index >= 15 is 0 Å². The van der Waals surface area contributed by atoms with Gasteiger partial charge in [0.05, 0.1) is 0 Å². The molecule has 2 aromatic rings. The second-order valence-electron chi connectivity index (χ2n) is 9.72. The van der Waals surface area contributed by atoms with Crippen LogP contribution in [0.25, 0.3) is 0 Å². The molecule has 4 heteroatoms. The Morgan fingerprint density at radius 1 is 1.10 bits per heavy atom. The summed E-state index contributed by atoms with van der Waals surface area (Å²) in [5, 5.41) is 0. The molecule has 0 radical (unpaired) electrons. The van der Waals surface area contributed by atoms with Crippen LogP contribution < -0.4 is 22.0 Å². The summed E-state index contributed by atoms with van der Waals surface area (Å²) >= 11 is 2.49. The number of hydrogen-bond acceptors (Lipinski definition) is 2. The Balaban J connectivity index is 0.000000324. The number of rotatable bonds is 5. The van der Waals surface area contributed by atoms with E-state index < -0.39 is 0 Å². The molecule has 31 heavy (non-hydrogen) atoms. The molecule has 0 N–H and O–H groups in total. The van der Waals surface area contributed by atoms with E-state index in [0.29, 0.717) is 0 Å².